The number of halogens is 1. The maximum absolute atomic E-state index is 12.4. The average Bonchev–Trinajstić information content (AvgIpc) is 3.44. The summed E-state index contributed by atoms with van der Waals surface area (Å²) in [5.41, 5.74) is 0. The van der Waals surface area contributed by atoms with Gasteiger partial charge in [0, 0.05) is 57.3 Å². The van der Waals surface area contributed by atoms with Gasteiger partial charge in [0.25, 0.3) is 0 Å². The standard InChI is InChI=1S/C15H27N5O3S2.HI/c1-16-15(18-5-6-20(13-2-3-13)14(21)12-18)17-4-11-25(22,23)19-7-9-24-10-8-19;/h13H,2-12H2,1H3,(H,16,17);1H. The summed E-state index contributed by atoms with van der Waals surface area (Å²) < 4.78 is 26.3. The van der Waals surface area contributed by atoms with Crippen LogP contribution >= 0.6 is 35.7 Å². The lowest BCUT2D eigenvalue weighted by Crippen LogP contribution is -2.56. The second-order valence-electron chi connectivity index (χ2n) is 6.54. The molecule has 0 radical (unpaired) electrons. The summed E-state index contributed by atoms with van der Waals surface area (Å²) in [6, 6.07) is 0.442. The van der Waals surface area contributed by atoms with Crippen LogP contribution in [0.2, 0.25) is 0 Å². The van der Waals surface area contributed by atoms with Crippen LogP contribution in [0.3, 0.4) is 0 Å². The second kappa shape index (κ2) is 9.78. The minimum atomic E-state index is -3.23. The van der Waals surface area contributed by atoms with Crippen molar-refractivity contribution >= 4 is 57.6 Å². The summed E-state index contributed by atoms with van der Waals surface area (Å²) in [6.45, 7) is 3.26. The molecule has 0 aromatic carbocycles. The Labute approximate surface area is 177 Å². The van der Waals surface area contributed by atoms with Gasteiger partial charge in [0.2, 0.25) is 15.9 Å². The van der Waals surface area contributed by atoms with Gasteiger partial charge in [-0.15, -0.1) is 24.0 Å². The molecule has 1 N–H and O–H groups in total. The highest BCUT2D eigenvalue weighted by Gasteiger charge is 2.36. The van der Waals surface area contributed by atoms with E-state index in [-0.39, 0.29) is 35.6 Å². The zero-order chi connectivity index (χ0) is 17.9. The van der Waals surface area contributed by atoms with E-state index in [0.717, 1.165) is 30.9 Å². The van der Waals surface area contributed by atoms with Crippen molar-refractivity contribution in [2.24, 2.45) is 4.99 Å². The SMILES string of the molecule is CN=C(NCCS(=O)(=O)N1CCSCC1)N1CCN(C2CC2)C(=O)C1.I. The van der Waals surface area contributed by atoms with E-state index in [1.54, 1.807) is 23.1 Å². The van der Waals surface area contributed by atoms with Crippen molar-refractivity contribution in [2.45, 2.75) is 18.9 Å². The molecule has 3 fully saturated rings. The predicted molar refractivity (Wildman–Crippen MR) is 116 cm³/mol. The minimum absolute atomic E-state index is 0. The van der Waals surface area contributed by atoms with Crippen LogP contribution in [-0.2, 0) is 14.8 Å². The number of rotatable bonds is 5. The summed E-state index contributed by atoms with van der Waals surface area (Å²) in [5.74, 6) is 2.51. The van der Waals surface area contributed by atoms with Gasteiger partial charge in [-0.25, -0.2) is 12.7 Å². The number of hydrogen-bond donors (Lipinski definition) is 1. The molecule has 1 saturated carbocycles. The fraction of sp³-hybridized carbons (Fsp3) is 0.867. The molecule has 0 aromatic rings. The first-order chi connectivity index (χ1) is 12.0. The Morgan fingerprint density at radius 2 is 1.92 bits per heavy atom. The molecule has 0 atom stereocenters. The number of thioether (sulfide) groups is 1. The lowest BCUT2D eigenvalue weighted by atomic mass is 10.3. The largest absolute Gasteiger partial charge is 0.355 e. The van der Waals surface area contributed by atoms with E-state index in [2.05, 4.69) is 10.3 Å². The first-order valence-corrected chi connectivity index (χ1v) is 11.6. The van der Waals surface area contributed by atoms with Crippen LogP contribution in [0, 0.1) is 0 Å². The monoisotopic (exact) mass is 517 g/mol. The van der Waals surface area contributed by atoms with Crippen molar-refractivity contribution in [3.05, 3.63) is 0 Å². The second-order valence-corrected chi connectivity index (χ2v) is 9.85. The van der Waals surface area contributed by atoms with Gasteiger partial charge in [0.1, 0.15) is 0 Å². The number of carbonyl (C=O) groups is 1. The highest BCUT2D eigenvalue weighted by Crippen LogP contribution is 2.28. The first-order valence-electron chi connectivity index (χ1n) is 8.82. The van der Waals surface area contributed by atoms with E-state index < -0.39 is 10.0 Å². The maximum atomic E-state index is 12.4. The van der Waals surface area contributed by atoms with Gasteiger partial charge < -0.3 is 15.1 Å². The molecule has 3 aliphatic rings. The molecule has 2 aliphatic heterocycles. The Bertz CT molecular complexity index is 621. The molecule has 11 heteroatoms. The third kappa shape index (κ3) is 5.61. The molecule has 0 aromatic heterocycles. The highest BCUT2D eigenvalue weighted by molar-refractivity contribution is 14.0. The van der Waals surface area contributed by atoms with Gasteiger partial charge in [-0.05, 0) is 12.8 Å². The molecule has 2 heterocycles. The Morgan fingerprint density at radius 3 is 2.50 bits per heavy atom. The molecule has 0 bridgehead atoms. The van der Waals surface area contributed by atoms with Crippen LogP contribution < -0.4 is 5.32 Å². The summed E-state index contributed by atoms with van der Waals surface area (Å²) >= 11 is 1.79. The molecular formula is C15H28IN5O3S2. The van der Waals surface area contributed by atoms with Crippen molar-refractivity contribution in [1.29, 1.82) is 0 Å². The third-order valence-corrected chi connectivity index (χ3v) is 7.58. The topological polar surface area (TPSA) is 85.3 Å². The van der Waals surface area contributed by atoms with Crippen molar-refractivity contribution in [2.75, 3.05) is 63.6 Å². The van der Waals surface area contributed by atoms with E-state index in [0.29, 0.717) is 44.7 Å². The van der Waals surface area contributed by atoms with E-state index in [1.165, 1.54) is 0 Å². The van der Waals surface area contributed by atoms with Gasteiger partial charge in [-0.3, -0.25) is 9.79 Å². The minimum Gasteiger partial charge on any atom is -0.355 e. The number of amides is 1. The predicted octanol–water partition coefficient (Wildman–Crippen LogP) is -0.135. The molecule has 0 unspecified atom stereocenters. The lowest BCUT2D eigenvalue weighted by Gasteiger charge is -2.36. The summed E-state index contributed by atoms with van der Waals surface area (Å²) in [7, 11) is -1.57. The van der Waals surface area contributed by atoms with E-state index in [9.17, 15) is 13.2 Å². The molecule has 0 spiro atoms. The Morgan fingerprint density at radius 1 is 1.23 bits per heavy atom. The molecule has 150 valence electrons. The number of carbonyl (C=O) groups excluding carboxylic acids is 1. The smallest absolute Gasteiger partial charge is 0.242 e. The molecule has 1 amide bonds. The van der Waals surface area contributed by atoms with Gasteiger partial charge >= 0.3 is 0 Å². The summed E-state index contributed by atoms with van der Waals surface area (Å²) in [6.07, 6.45) is 2.23. The van der Waals surface area contributed by atoms with E-state index in [1.807, 2.05) is 9.80 Å². The van der Waals surface area contributed by atoms with Crippen molar-refractivity contribution in [3.8, 4) is 0 Å². The fourth-order valence-electron chi connectivity index (χ4n) is 3.22. The third-order valence-electron chi connectivity index (χ3n) is 4.76. The van der Waals surface area contributed by atoms with Crippen molar-refractivity contribution < 1.29 is 13.2 Å². The number of sulfonamides is 1. The van der Waals surface area contributed by atoms with Gasteiger partial charge in [0.15, 0.2) is 5.96 Å². The van der Waals surface area contributed by atoms with Crippen LogP contribution in [0.1, 0.15) is 12.8 Å². The number of guanidine groups is 1. The van der Waals surface area contributed by atoms with Crippen molar-refractivity contribution in [3.63, 3.8) is 0 Å². The highest BCUT2D eigenvalue weighted by atomic mass is 127. The van der Waals surface area contributed by atoms with E-state index in [4.69, 9.17) is 0 Å². The Balaban J connectivity index is 0.00000243. The zero-order valence-electron chi connectivity index (χ0n) is 15.1. The normalized spacial score (nSPS) is 23.0. The lowest BCUT2D eigenvalue weighted by molar-refractivity contribution is -0.135. The summed E-state index contributed by atoms with van der Waals surface area (Å²) in [4.78, 5) is 20.3. The number of nitrogens with zero attached hydrogens (tertiary/aromatic N) is 4. The van der Waals surface area contributed by atoms with Crippen LogP contribution in [0.15, 0.2) is 4.99 Å². The Kier molecular flexibility index (Phi) is 8.29. The number of piperazine rings is 1. The van der Waals surface area contributed by atoms with Crippen LogP contribution in [0.5, 0.6) is 0 Å². The quantitative estimate of drug-likeness (QED) is 0.311. The summed E-state index contributed by atoms with van der Waals surface area (Å²) in [5, 5.41) is 3.11. The molecular weight excluding hydrogens is 489 g/mol. The molecule has 8 nitrogen and oxygen atoms in total. The van der Waals surface area contributed by atoms with Crippen LogP contribution in [0.4, 0.5) is 0 Å². The zero-order valence-corrected chi connectivity index (χ0v) is 19.1. The Hall–Kier alpha value is -0.270. The number of nitrogens with one attached hydrogen (secondary N) is 1. The van der Waals surface area contributed by atoms with Gasteiger partial charge in [-0.2, -0.15) is 11.8 Å². The molecule has 26 heavy (non-hydrogen) atoms. The molecule has 2 saturated heterocycles. The number of hydrogen-bond acceptors (Lipinski definition) is 5. The number of aliphatic imine (C=N–C) groups is 1. The van der Waals surface area contributed by atoms with Crippen LogP contribution in [0.25, 0.3) is 0 Å². The molecule has 1 aliphatic carbocycles. The maximum Gasteiger partial charge on any atom is 0.242 e. The van der Waals surface area contributed by atoms with Gasteiger partial charge in [0.05, 0.1) is 12.3 Å². The first kappa shape index (κ1) is 22.0. The van der Waals surface area contributed by atoms with Crippen LogP contribution in [-0.4, -0.2) is 104 Å². The average molecular weight is 517 g/mol. The van der Waals surface area contributed by atoms with Gasteiger partial charge in [-0.1, -0.05) is 0 Å². The van der Waals surface area contributed by atoms with E-state index >= 15 is 0 Å². The van der Waals surface area contributed by atoms with Crippen molar-refractivity contribution in [1.82, 2.24) is 19.4 Å². The fourth-order valence-corrected chi connectivity index (χ4v) is 5.71. The molecule has 3 rings (SSSR count).